The van der Waals surface area contributed by atoms with Crippen LogP contribution in [0.25, 0.3) is 0 Å². The van der Waals surface area contributed by atoms with Gasteiger partial charge >= 0.3 is 5.97 Å². The van der Waals surface area contributed by atoms with Gasteiger partial charge in [-0.05, 0) is 37.7 Å². The molecule has 114 valence electrons. The van der Waals surface area contributed by atoms with Crippen molar-refractivity contribution in [1.82, 2.24) is 0 Å². The normalized spacial score (nSPS) is 23.4. The summed E-state index contributed by atoms with van der Waals surface area (Å²) in [4.78, 5) is 23.7. The quantitative estimate of drug-likeness (QED) is 0.727. The number of allylic oxidation sites excluding steroid dienone is 1. The van der Waals surface area contributed by atoms with E-state index in [0.717, 1.165) is 24.0 Å². The molecule has 1 aliphatic carbocycles. The van der Waals surface area contributed by atoms with Crippen LogP contribution in [0.2, 0.25) is 0 Å². The largest absolute Gasteiger partial charge is 0.458 e. The highest BCUT2D eigenvalue weighted by molar-refractivity contribution is 5.98. The van der Waals surface area contributed by atoms with Gasteiger partial charge in [-0.1, -0.05) is 13.8 Å². The van der Waals surface area contributed by atoms with Crippen LogP contribution in [0.4, 0.5) is 0 Å². The lowest BCUT2D eigenvalue weighted by Crippen LogP contribution is -2.35. The summed E-state index contributed by atoms with van der Waals surface area (Å²) in [6, 6.07) is 0. The standard InChI is InChI=1S/C16H26O4/c1-10(19-6)9-13(18)15-11(2)14(20-12(3)17)7-8-16(15,4)5/h10,14H,7-9H2,1-6H3/t10-,14-/m1/s1. The van der Waals surface area contributed by atoms with Gasteiger partial charge in [-0.25, -0.2) is 0 Å². The molecule has 0 N–H and O–H groups in total. The van der Waals surface area contributed by atoms with Crippen molar-refractivity contribution < 1.29 is 19.1 Å². The molecule has 4 nitrogen and oxygen atoms in total. The predicted molar refractivity (Wildman–Crippen MR) is 77.4 cm³/mol. The van der Waals surface area contributed by atoms with Gasteiger partial charge in [0.1, 0.15) is 6.10 Å². The van der Waals surface area contributed by atoms with Crippen molar-refractivity contribution in [2.45, 2.75) is 66.1 Å². The second kappa shape index (κ2) is 6.53. The van der Waals surface area contributed by atoms with Crippen molar-refractivity contribution in [2.75, 3.05) is 7.11 Å². The lowest BCUT2D eigenvalue weighted by atomic mass is 9.69. The Kier molecular flexibility index (Phi) is 5.51. The van der Waals surface area contributed by atoms with Crippen LogP contribution in [0.5, 0.6) is 0 Å². The fourth-order valence-electron chi connectivity index (χ4n) is 2.92. The van der Waals surface area contributed by atoms with Gasteiger partial charge in [-0.2, -0.15) is 0 Å². The van der Waals surface area contributed by atoms with Crippen LogP contribution in [0, 0.1) is 5.41 Å². The minimum absolute atomic E-state index is 0.0960. The molecule has 0 aromatic heterocycles. The molecule has 0 saturated carbocycles. The lowest BCUT2D eigenvalue weighted by Gasteiger charge is -2.37. The van der Waals surface area contributed by atoms with Crippen molar-refractivity contribution >= 4 is 11.8 Å². The van der Waals surface area contributed by atoms with Gasteiger partial charge in [0.15, 0.2) is 5.78 Å². The van der Waals surface area contributed by atoms with Crippen molar-refractivity contribution in [1.29, 1.82) is 0 Å². The maximum atomic E-state index is 12.5. The average Bonchev–Trinajstić information content (AvgIpc) is 2.32. The van der Waals surface area contributed by atoms with E-state index in [2.05, 4.69) is 13.8 Å². The smallest absolute Gasteiger partial charge is 0.303 e. The number of carbonyl (C=O) groups excluding carboxylic acids is 2. The van der Waals surface area contributed by atoms with Crippen molar-refractivity contribution in [3.8, 4) is 0 Å². The Morgan fingerprint density at radius 3 is 2.50 bits per heavy atom. The van der Waals surface area contributed by atoms with Crippen LogP contribution in [-0.4, -0.2) is 31.1 Å². The molecule has 0 spiro atoms. The molecule has 0 radical (unpaired) electrons. The SMILES string of the molecule is CO[C@H](C)CC(=O)C1=C(C)[C@H](OC(C)=O)CCC1(C)C. The number of esters is 1. The summed E-state index contributed by atoms with van der Waals surface area (Å²) < 4.78 is 10.5. The van der Waals surface area contributed by atoms with E-state index in [9.17, 15) is 9.59 Å². The summed E-state index contributed by atoms with van der Waals surface area (Å²) in [5.41, 5.74) is 1.52. The number of Topliss-reactive ketones (excluding diaryl/α,β-unsaturated/α-hetero) is 1. The molecule has 0 heterocycles. The minimum Gasteiger partial charge on any atom is -0.458 e. The summed E-state index contributed by atoms with van der Waals surface area (Å²) in [7, 11) is 1.60. The molecule has 2 atom stereocenters. The molecule has 0 unspecified atom stereocenters. The zero-order valence-electron chi connectivity index (χ0n) is 13.4. The molecular formula is C16H26O4. The van der Waals surface area contributed by atoms with E-state index in [-0.39, 0.29) is 29.4 Å². The molecule has 0 bridgehead atoms. The zero-order valence-corrected chi connectivity index (χ0v) is 13.4. The monoisotopic (exact) mass is 282 g/mol. The van der Waals surface area contributed by atoms with E-state index in [4.69, 9.17) is 9.47 Å². The predicted octanol–water partition coefficient (Wildman–Crippen LogP) is 3.05. The van der Waals surface area contributed by atoms with E-state index >= 15 is 0 Å². The van der Waals surface area contributed by atoms with Crippen molar-refractivity contribution in [2.24, 2.45) is 5.41 Å². The Bertz CT molecular complexity index is 420. The summed E-state index contributed by atoms with van der Waals surface area (Å²) in [6.45, 7) is 9.34. The fourth-order valence-corrected chi connectivity index (χ4v) is 2.92. The highest BCUT2D eigenvalue weighted by atomic mass is 16.5. The third-order valence-corrected chi connectivity index (χ3v) is 4.05. The number of ketones is 1. The highest BCUT2D eigenvalue weighted by Crippen LogP contribution is 2.42. The Hall–Kier alpha value is -1.16. The molecule has 4 heteroatoms. The van der Waals surface area contributed by atoms with Gasteiger partial charge in [-0.15, -0.1) is 0 Å². The van der Waals surface area contributed by atoms with Crippen molar-refractivity contribution in [3.05, 3.63) is 11.1 Å². The second-order valence-corrected chi connectivity index (χ2v) is 6.25. The summed E-state index contributed by atoms with van der Waals surface area (Å²) in [6.07, 6.45) is 1.60. The molecule has 0 aromatic rings. The number of rotatable bonds is 5. The molecule has 0 aromatic carbocycles. The van der Waals surface area contributed by atoms with Gasteiger partial charge in [0.2, 0.25) is 0 Å². The number of carbonyl (C=O) groups is 2. The van der Waals surface area contributed by atoms with Crippen LogP contribution in [0.1, 0.15) is 53.9 Å². The van der Waals surface area contributed by atoms with E-state index in [1.165, 1.54) is 6.92 Å². The molecule has 0 amide bonds. The zero-order chi connectivity index (χ0) is 15.5. The maximum absolute atomic E-state index is 12.5. The van der Waals surface area contributed by atoms with Gasteiger partial charge in [0.25, 0.3) is 0 Å². The number of hydrogen-bond acceptors (Lipinski definition) is 4. The van der Waals surface area contributed by atoms with E-state index in [0.29, 0.717) is 6.42 Å². The first-order valence-corrected chi connectivity index (χ1v) is 7.13. The molecule has 20 heavy (non-hydrogen) atoms. The first-order valence-electron chi connectivity index (χ1n) is 7.13. The molecule has 0 fully saturated rings. The molecule has 1 aliphatic rings. The summed E-state index contributed by atoms with van der Waals surface area (Å²) in [5.74, 6) is -0.204. The third kappa shape index (κ3) is 3.92. The number of ether oxygens (including phenoxy) is 2. The molecule has 0 saturated heterocycles. The number of hydrogen-bond donors (Lipinski definition) is 0. The Labute approximate surface area is 121 Å². The highest BCUT2D eigenvalue weighted by Gasteiger charge is 2.38. The van der Waals surface area contributed by atoms with Crippen LogP contribution < -0.4 is 0 Å². The third-order valence-electron chi connectivity index (χ3n) is 4.05. The van der Waals surface area contributed by atoms with Gasteiger partial charge in [0, 0.05) is 26.0 Å². The molecule has 0 aliphatic heterocycles. The van der Waals surface area contributed by atoms with E-state index < -0.39 is 0 Å². The first-order chi connectivity index (χ1) is 9.19. The van der Waals surface area contributed by atoms with Crippen molar-refractivity contribution in [3.63, 3.8) is 0 Å². The summed E-state index contributed by atoms with van der Waals surface area (Å²) in [5, 5.41) is 0. The maximum Gasteiger partial charge on any atom is 0.303 e. The van der Waals surface area contributed by atoms with Gasteiger partial charge in [-0.3, -0.25) is 9.59 Å². The van der Waals surface area contributed by atoms with Crippen LogP contribution in [-0.2, 0) is 19.1 Å². The topological polar surface area (TPSA) is 52.6 Å². The number of methoxy groups -OCH3 is 1. The Morgan fingerprint density at radius 2 is 2.00 bits per heavy atom. The van der Waals surface area contributed by atoms with E-state index in [1.54, 1.807) is 7.11 Å². The lowest BCUT2D eigenvalue weighted by molar-refractivity contribution is -0.145. The van der Waals surface area contributed by atoms with E-state index in [1.807, 2.05) is 13.8 Å². The van der Waals surface area contributed by atoms with Crippen LogP contribution >= 0.6 is 0 Å². The summed E-state index contributed by atoms with van der Waals surface area (Å²) >= 11 is 0. The fraction of sp³-hybridized carbons (Fsp3) is 0.750. The van der Waals surface area contributed by atoms with Gasteiger partial charge in [0.05, 0.1) is 6.10 Å². The average molecular weight is 282 g/mol. The Morgan fingerprint density at radius 1 is 1.40 bits per heavy atom. The molecular weight excluding hydrogens is 256 g/mol. The second-order valence-electron chi connectivity index (χ2n) is 6.25. The first kappa shape index (κ1) is 16.9. The van der Waals surface area contributed by atoms with Crippen LogP contribution in [0.15, 0.2) is 11.1 Å². The van der Waals surface area contributed by atoms with Crippen LogP contribution in [0.3, 0.4) is 0 Å². The minimum atomic E-state index is -0.300. The Balaban J connectivity index is 3.06. The molecule has 1 rings (SSSR count). The van der Waals surface area contributed by atoms with Gasteiger partial charge < -0.3 is 9.47 Å².